The molecule has 0 aromatic carbocycles. The van der Waals surface area contributed by atoms with Gasteiger partial charge in [-0.15, -0.1) is 10.2 Å². The molecule has 1 aromatic rings. The van der Waals surface area contributed by atoms with Gasteiger partial charge in [-0.2, -0.15) is 4.80 Å². The van der Waals surface area contributed by atoms with E-state index in [0.717, 1.165) is 30.6 Å². The second-order valence-corrected chi connectivity index (χ2v) is 5.99. The molecular weight excluding hydrogens is 238 g/mol. The predicted molar refractivity (Wildman–Crippen MR) is 75.7 cm³/mol. The molecule has 2 rings (SSSR count). The summed E-state index contributed by atoms with van der Waals surface area (Å²) in [6.45, 7) is 5.67. The maximum Gasteiger partial charge on any atom is 0.176 e. The van der Waals surface area contributed by atoms with E-state index in [0.29, 0.717) is 6.04 Å². The Balaban J connectivity index is 1.97. The van der Waals surface area contributed by atoms with Crippen LogP contribution < -0.4 is 5.32 Å². The molecule has 0 radical (unpaired) electrons. The van der Waals surface area contributed by atoms with Gasteiger partial charge in [-0.1, -0.05) is 26.7 Å². The molecule has 1 fully saturated rings. The molecule has 0 spiro atoms. The van der Waals surface area contributed by atoms with Gasteiger partial charge in [0.15, 0.2) is 5.82 Å². The monoisotopic (exact) mass is 265 g/mol. The van der Waals surface area contributed by atoms with E-state index in [-0.39, 0.29) is 0 Å². The van der Waals surface area contributed by atoms with Gasteiger partial charge in [0.1, 0.15) is 0 Å². The Bertz CT molecular complexity index is 376. The molecule has 1 aliphatic rings. The van der Waals surface area contributed by atoms with Gasteiger partial charge in [0.25, 0.3) is 0 Å². The van der Waals surface area contributed by atoms with Crippen molar-refractivity contribution in [1.29, 1.82) is 0 Å². The minimum atomic E-state index is 0.506. The summed E-state index contributed by atoms with van der Waals surface area (Å²) in [7, 11) is 1.83. The molecular formula is C14H27N5. The Kier molecular flexibility index (Phi) is 5.31. The Hall–Kier alpha value is -0.970. The zero-order chi connectivity index (χ0) is 13.7. The summed E-state index contributed by atoms with van der Waals surface area (Å²) >= 11 is 0. The molecule has 1 saturated carbocycles. The zero-order valence-electron chi connectivity index (χ0n) is 12.5. The summed E-state index contributed by atoms with van der Waals surface area (Å²) in [6.07, 6.45) is 7.51. The second-order valence-electron chi connectivity index (χ2n) is 5.99. The lowest BCUT2D eigenvalue weighted by Gasteiger charge is -2.33. The normalized spacial score (nSPS) is 25.4. The van der Waals surface area contributed by atoms with Crippen molar-refractivity contribution in [2.75, 3.05) is 6.54 Å². The van der Waals surface area contributed by atoms with Gasteiger partial charge in [-0.05, 0) is 42.9 Å². The third kappa shape index (κ3) is 4.27. The van der Waals surface area contributed by atoms with Crippen molar-refractivity contribution in [3.05, 3.63) is 5.82 Å². The third-order valence-corrected chi connectivity index (χ3v) is 4.15. The zero-order valence-corrected chi connectivity index (χ0v) is 12.5. The van der Waals surface area contributed by atoms with Gasteiger partial charge in [0.2, 0.25) is 0 Å². The molecule has 1 heterocycles. The predicted octanol–water partition coefficient (Wildman–Crippen LogP) is 1.95. The molecule has 0 amide bonds. The number of nitrogens with one attached hydrogen (secondary N) is 1. The Morgan fingerprint density at radius 1 is 1.42 bits per heavy atom. The minimum Gasteiger partial charge on any atom is -0.313 e. The van der Waals surface area contributed by atoms with Gasteiger partial charge in [-0.3, -0.25) is 0 Å². The molecule has 1 aliphatic carbocycles. The second kappa shape index (κ2) is 6.98. The van der Waals surface area contributed by atoms with Gasteiger partial charge in [-0.25, -0.2) is 0 Å². The molecule has 0 aliphatic heterocycles. The summed E-state index contributed by atoms with van der Waals surface area (Å²) in [4.78, 5) is 1.55. The van der Waals surface area contributed by atoms with E-state index in [4.69, 9.17) is 0 Å². The molecule has 19 heavy (non-hydrogen) atoms. The maximum atomic E-state index is 4.33. The van der Waals surface area contributed by atoms with Crippen LogP contribution >= 0.6 is 0 Å². The van der Waals surface area contributed by atoms with Crippen LogP contribution in [0.4, 0.5) is 0 Å². The van der Waals surface area contributed by atoms with Crippen LogP contribution in [0.5, 0.6) is 0 Å². The number of aryl methyl sites for hydroxylation is 1. The number of tetrazole rings is 1. The molecule has 0 saturated heterocycles. The van der Waals surface area contributed by atoms with Crippen molar-refractivity contribution in [2.45, 2.75) is 58.4 Å². The number of rotatable bonds is 6. The summed E-state index contributed by atoms with van der Waals surface area (Å²) in [5.41, 5.74) is 0. The van der Waals surface area contributed by atoms with Crippen LogP contribution in [0.3, 0.4) is 0 Å². The first-order valence-corrected chi connectivity index (χ1v) is 7.65. The van der Waals surface area contributed by atoms with Crippen molar-refractivity contribution in [3.8, 4) is 0 Å². The summed E-state index contributed by atoms with van der Waals surface area (Å²) in [6, 6.07) is 0.506. The standard InChI is InChI=1S/C14H27N5/c1-4-8-15-13(10-14-16-18-19(3)17-14)12-7-5-6-11(2)9-12/h11-13,15H,4-10H2,1-3H3. The van der Waals surface area contributed by atoms with Gasteiger partial charge in [0.05, 0.1) is 7.05 Å². The van der Waals surface area contributed by atoms with Crippen LogP contribution in [0.2, 0.25) is 0 Å². The number of hydrogen-bond donors (Lipinski definition) is 1. The van der Waals surface area contributed by atoms with Crippen molar-refractivity contribution in [1.82, 2.24) is 25.5 Å². The van der Waals surface area contributed by atoms with Gasteiger partial charge < -0.3 is 5.32 Å². The van der Waals surface area contributed by atoms with E-state index in [2.05, 4.69) is 34.6 Å². The summed E-state index contributed by atoms with van der Waals surface area (Å²) in [5.74, 6) is 2.49. The molecule has 3 atom stereocenters. The van der Waals surface area contributed by atoms with E-state index in [1.165, 1.54) is 32.1 Å². The molecule has 1 N–H and O–H groups in total. The van der Waals surface area contributed by atoms with E-state index in [1.807, 2.05) is 7.05 Å². The van der Waals surface area contributed by atoms with E-state index < -0.39 is 0 Å². The van der Waals surface area contributed by atoms with Crippen LogP contribution in [0, 0.1) is 11.8 Å². The fraction of sp³-hybridized carbons (Fsp3) is 0.929. The lowest BCUT2D eigenvalue weighted by atomic mass is 9.77. The first-order valence-electron chi connectivity index (χ1n) is 7.65. The van der Waals surface area contributed by atoms with Crippen LogP contribution in [0.15, 0.2) is 0 Å². The molecule has 1 aromatic heterocycles. The Labute approximate surface area is 116 Å². The minimum absolute atomic E-state index is 0.506. The Morgan fingerprint density at radius 3 is 2.89 bits per heavy atom. The summed E-state index contributed by atoms with van der Waals surface area (Å²) < 4.78 is 0. The quantitative estimate of drug-likeness (QED) is 0.854. The van der Waals surface area contributed by atoms with Crippen molar-refractivity contribution >= 4 is 0 Å². The summed E-state index contributed by atoms with van der Waals surface area (Å²) in [5, 5.41) is 16.1. The van der Waals surface area contributed by atoms with Crippen molar-refractivity contribution in [3.63, 3.8) is 0 Å². The van der Waals surface area contributed by atoms with Crippen LogP contribution in [-0.2, 0) is 13.5 Å². The molecule has 0 bridgehead atoms. The third-order valence-electron chi connectivity index (χ3n) is 4.15. The van der Waals surface area contributed by atoms with Gasteiger partial charge >= 0.3 is 0 Å². The lowest BCUT2D eigenvalue weighted by molar-refractivity contribution is 0.219. The largest absolute Gasteiger partial charge is 0.313 e. The molecule has 108 valence electrons. The van der Waals surface area contributed by atoms with Crippen molar-refractivity contribution in [2.24, 2.45) is 18.9 Å². The van der Waals surface area contributed by atoms with E-state index >= 15 is 0 Å². The first-order chi connectivity index (χ1) is 9.19. The van der Waals surface area contributed by atoms with Crippen LogP contribution in [-0.4, -0.2) is 32.8 Å². The number of hydrogen-bond acceptors (Lipinski definition) is 4. The average Bonchev–Trinajstić information content (AvgIpc) is 2.80. The number of nitrogens with zero attached hydrogens (tertiary/aromatic N) is 4. The number of aromatic nitrogens is 4. The first kappa shape index (κ1) is 14.4. The van der Waals surface area contributed by atoms with E-state index in [9.17, 15) is 0 Å². The van der Waals surface area contributed by atoms with Crippen LogP contribution in [0.25, 0.3) is 0 Å². The fourth-order valence-corrected chi connectivity index (χ4v) is 3.18. The molecule has 5 heteroatoms. The highest BCUT2D eigenvalue weighted by atomic mass is 15.6. The Morgan fingerprint density at radius 2 is 2.26 bits per heavy atom. The highest BCUT2D eigenvalue weighted by Crippen LogP contribution is 2.31. The molecule has 5 nitrogen and oxygen atoms in total. The maximum absolute atomic E-state index is 4.33. The topological polar surface area (TPSA) is 55.6 Å². The van der Waals surface area contributed by atoms with Crippen molar-refractivity contribution < 1.29 is 0 Å². The van der Waals surface area contributed by atoms with E-state index in [1.54, 1.807) is 4.80 Å². The van der Waals surface area contributed by atoms with Gasteiger partial charge in [0, 0.05) is 12.5 Å². The SMILES string of the molecule is CCCNC(Cc1nnn(C)n1)C1CCCC(C)C1. The average molecular weight is 265 g/mol. The fourth-order valence-electron chi connectivity index (χ4n) is 3.18. The van der Waals surface area contributed by atoms with Crippen LogP contribution in [0.1, 0.15) is 51.8 Å². The highest BCUT2D eigenvalue weighted by Gasteiger charge is 2.27. The lowest BCUT2D eigenvalue weighted by Crippen LogP contribution is -2.40. The highest BCUT2D eigenvalue weighted by molar-refractivity contribution is 4.90. The smallest absolute Gasteiger partial charge is 0.176 e. The molecule has 3 unspecified atom stereocenters.